The van der Waals surface area contributed by atoms with Gasteiger partial charge in [-0.3, -0.25) is 9.59 Å². The Hall–Kier alpha value is -3.17. The number of carbonyl (C=O) groups is 1. The number of hydrogen-bond acceptors (Lipinski definition) is 7. The summed E-state index contributed by atoms with van der Waals surface area (Å²) in [6.07, 6.45) is -0.0759. The largest absolute Gasteiger partial charge is 0.494 e. The summed E-state index contributed by atoms with van der Waals surface area (Å²) in [5.41, 5.74) is 2.52. The molecule has 0 unspecified atom stereocenters. The molecular formula is C24H24N4O3S2. The second kappa shape index (κ2) is 10.2. The molecule has 2 heterocycles. The van der Waals surface area contributed by atoms with Gasteiger partial charge in [-0.2, -0.15) is 0 Å². The Balaban J connectivity index is 1.44. The fourth-order valence-corrected chi connectivity index (χ4v) is 5.23. The summed E-state index contributed by atoms with van der Waals surface area (Å²) < 4.78 is 6.43. The number of benzene rings is 2. The Labute approximate surface area is 199 Å². The van der Waals surface area contributed by atoms with Crippen molar-refractivity contribution in [1.29, 1.82) is 0 Å². The third kappa shape index (κ3) is 5.61. The molecule has 1 atom stereocenters. The van der Waals surface area contributed by atoms with Gasteiger partial charge in [-0.25, -0.2) is 9.97 Å². The smallest absolute Gasteiger partial charge is 0.255 e. The zero-order chi connectivity index (χ0) is 23.4. The number of nitrogens with one attached hydrogen (secondary N) is 2. The van der Waals surface area contributed by atoms with Crippen molar-refractivity contribution in [2.24, 2.45) is 0 Å². The van der Waals surface area contributed by atoms with Gasteiger partial charge >= 0.3 is 0 Å². The van der Waals surface area contributed by atoms with E-state index >= 15 is 0 Å². The fraction of sp³-hybridized carbons (Fsp3) is 0.250. The van der Waals surface area contributed by atoms with Crippen LogP contribution in [0.2, 0.25) is 0 Å². The second-order valence-electron chi connectivity index (χ2n) is 7.41. The lowest BCUT2D eigenvalue weighted by atomic mass is 10.1. The summed E-state index contributed by atoms with van der Waals surface area (Å²) in [5.74, 6) is 0.451. The highest BCUT2D eigenvalue weighted by Gasteiger charge is 2.16. The van der Waals surface area contributed by atoms with E-state index in [4.69, 9.17) is 4.74 Å². The number of anilines is 1. The highest BCUT2D eigenvalue weighted by molar-refractivity contribution is 7.99. The molecule has 0 radical (unpaired) electrons. The number of rotatable bonds is 8. The number of carbonyl (C=O) groups excluding carboxylic acids is 1. The molecule has 170 valence electrons. The first-order valence-corrected chi connectivity index (χ1v) is 12.3. The highest BCUT2D eigenvalue weighted by Crippen LogP contribution is 2.32. The van der Waals surface area contributed by atoms with E-state index in [1.807, 2.05) is 55.5 Å². The number of ether oxygens (including phenoxy) is 1. The van der Waals surface area contributed by atoms with Crippen LogP contribution in [0.25, 0.3) is 10.2 Å². The number of aromatic nitrogens is 3. The molecule has 9 heteroatoms. The molecule has 2 aromatic heterocycles. The first-order valence-electron chi connectivity index (χ1n) is 10.6. The summed E-state index contributed by atoms with van der Waals surface area (Å²) in [5, 5.41) is 3.94. The van der Waals surface area contributed by atoms with Gasteiger partial charge in [-0.05, 0) is 44.5 Å². The third-order valence-corrected chi connectivity index (χ3v) is 6.99. The van der Waals surface area contributed by atoms with Gasteiger partial charge in [0.2, 0.25) is 5.91 Å². The van der Waals surface area contributed by atoms with Crippen LogP contribution in [0, 0.1) is 6.92 Å². The van der Waals surface area contributed by atoms with Crippen molar-refractivity contribution in [3.8, 4) is 5.75 Å². The van der Waals surface area contributed by atoms with E-state index in [1.165, 1.54) is 23.1 Å². The normalized spacial score (nSPS) is 12.0. The topological polar surface area (TPSA) is 97.0 Å². The first-order chi connectivity index (χ1) is 15.9. The van der Waals surface area contributed by atoms with Crippen LogP contribution in [0.1, 0.15) is 35.9 Å². The van der Waals surface area contributed by atoms with Crippen LogP contribution in [-0.4, -0.2) is 27.5 Å². The Morgan fingerprint density at radius 3 is 2.73 bits per heavy atom. The summed E-state index contributed by atoms with van der Waals surface area (Å²) in [6, 6.07) is 15.6. The molecular weight excluding hydrogens is 456 g/mol. The van der Waals surface area contributed by atoms with Gasteiger partial charge in [-0.1, -0.05) is 53.4 Å². The predicted molar refractivity (Wildman–Crippen MR) is 133 cm³/mol. The van der Waals surface area contributed by atoms with Crippen LogP contribution in [0.5, 0.6) is 5.75 Å². The van der Waals surface area contributed by atoms with Crippen molar-refractivity contribution in [3.63, 3.8) is 0 Å². The summed E-state index contributed by atoms with van der Waals surface area (Å²) in [6.45, 7) is 6.32. The molecule has 0 aliphatic carbocycles. The maximum atomic E-state index is 12.7. The molecule has 0 bridgehead atoms. The van der Waals surface area contributed by atoms with E-state index in [1.54, 1.807) is 6.92 Å². The summed E-state index contributed by atoms with van der Waals surface area (Å²) in [7, 11) is 0. The molecule has 4 aromatic rings. The fourth-order valence-electron chi connectivity index (χ4n) is 3.35. The van der Waals surface area contributed by atoms with Gasteiger partial charge in [-0.15, -0.1) is 0 Å². The van der Waals surface area contributed by atoms with Gasteiger partial charge in [0.1, 0.15) is 5.75 Å². The minimum absolute atomic E-state index is 0.0759. The monoisotopic (exact) mass is 480 g/mol. The summed E-state index contributed by atoms with van der Waals surface area (Å²) >= 11 is 2.84. The van der Waals surface area contributed by atoms with Crippen molar-refractivity contribution in [1.82, 2.24) is 15.0 Å². The van der Waals surface area contributed by atoms with Gasteiger partial charge in [0.15, 0.2) is 10.3 Å². The Morgan fingerprint density at radius 1 is 1.21 bits per heavy atom. The van der Waals surface area contributed by atoms with Crippen LogP contribution in [0.4, 0.5) is 5.13 Å². The molecule has 2 aromatic carbocycles. The molecule has 0 fully saturated rings. The van der Waals surface area contributed by atoms with E-state index in [-0.39, 0.29) is 23.1 Å². The van der Waals surface area contributed by atoms with Crippen molar-refractivity contribution in [2.75, 3.05) is 11.9 Å². The van der Waals surface area contributed by atoms with Gasteiger partial charge in [0.25, 0.3) is 5.56 Å². The van der Waals surface area contributed by atoms with Gasteiger partial charge in [0.05, 0.1) is 23.2 Å². The number of thioether (sulfide) groups is 1. The molecule has 0 saturated heterocycles. The predicted octanol–water partition coefficient (Wildman–Crippen LogP) is 5.12. The quantitative estimate of drug-likeness (QED) is 0.268. The molecule has 0 aliphatic heterocycles. The van der Waals surface area contributed by atoms with E-state index in [2.05, 4.69) is 27.2 Å². The zero-order valence-electron chi connectivity index (χ0n) is 18.5. The lowest BCUT2D eigenvalue weighted by molar-refractivity contribution is -0.115. The third-order valence-electron chi connectivity index (χ3n) is 5.01. The Kier molecular flexibility index (Phi) is 7.10. The van der Waals surface area contributed by atoms with Crippen molar-refractivity contribution < 1.29 is 9.53 Å². The number of nitrogens with zero attached hydrogens (tertiary/aromatic N) is 2. The standard InChI is InChI=1S/C24H24N4O3S2/c1-4-31-17-10-11-19-20(12-17)33-24(26-19)27-21(29)13-18-14(2)25-23(28-22(18)30)32-15(3)16-8-6-5-7-9-16/h5-12,15H,4,13H2,1-3H3,(H,25,28,30)(H,26,27,29)/t15-/m1/s1. The van der Waals surface area contributed by atoms with Crippen molar-refractivity contribution in [3.05, 3.63) is 75.7 Å². The molecule has 0 saturated carbocycles. The minimum Gasteiger partial charge on any atom is -0.494 e. The van der Waals surface area contributed by atoms with Crippen LogP contribution in [-0.2, 0) is 11.2 Å². The number of fused-ring (bicyclic) bond motifs is 1. The van der Waals surface area contributed by atoms with Crippen LogP contribution in [0.15, 0.2) is 58.5 Å². The first kappa shape index (κ1) is 23.0. The lowest BCUT2D eigenvalue weighted by Gasteiger charge is -2.12. The van der Waals surface area contributed by atoms with Crippen molar-refractivity contribution in [2.45, 2.75) is 37.6 Å². The SMILES string of the molecule is CCOc1ccc2nc(NC(=O)Cc3c(C)nc(S[C@H](C)c4ccccc4)[nH]c3=O)sc2c1. The second-order valence-corrected chi connectivity index (χ2v) is 9.77. The molecule has 4 rings (SSSR count). The zero-order valence-corrected chi connectivity index (χ0v) is 20.2. The molecule has 0 spiro atoms. The van der Waals surface area contributed by atoms with Crippen LogP contribution >= 0.6 is 23.1 Å². The van der Waals surface area contributed by atoms with Crippen LogP contribution in [0.3, 0.4) is 0 Å². The van der Waals surface area contributed by atoms with E-state index in [9.17, 15) is 9.59 Å². The minimum atomic E-state index is -0.312. The maximum absolute atomic E-state index is 12.7. The highest BCUT2D eigenvalue weighted by atomic mass is 32.2. The van der Waals surface area contributed by atoms with Crippen molar-refractivity contribution >= 4 is 44.4 Å². The van der Waals surface area contributed by atoms with E-state index in [0.717, 1.165) is 21.5 Å². The number of H-pyrrole nitrogens is 1. The van der Waals surface area contributed by atoms with Gasteiger partial charge in [0, 0.05) is 16.5 Å². The number of amides is 1. The molecule has 33 heavy (non-hydrogen) atoms. The summed E-state index contributed by atoms with van der Waals surface area (Å²) in [4.78, 5) is 37.1. The molecule has 0 aliphatic rings. The molecule has 7 nitrogen and oxygen atoms in total. The number of aromatic amines is 1. The lowest BCUT2D eigenvalue weighted by Crippen LogP contribution is -2.23. The van der Waals surface area contributed by atoms with Gasteiger partial charge < -0.3 is 15.0 Å². The molecule has 1 amide bonds. The average Bonchev–Trinajstić information content (AvgIpc) is 3.18. The maximum Gasteiger partial charge on any atom is 0.255 e. The average molecular weight is 481 g/mol. The Morgan fingerprint density at radius 2 is 2.00 bits per heavy atom. The van der Waals surface area contributed by atoms with E-state index in [0.29, 0.717) is 28.2 Å². The number of hydrogen-bond donors (Lipinski definition) is 2. The molecule has 2 N–H and O–H groups in total. The number of aryl methyl sites for hydroxylation is 1. The van der Waals surface area contributed by atoms with E-state index < -0.39 is 0 Å². The number of thiazole rings is 1. The van der Waals surface area contributed by atoms with Crippen LogP contribution < -0.4 is 15.6 Å². The Bertz CT molecular complexity index is 1330.